The number of carbonyl (C=O) groups excluding carboxylic acids is 1. The number of carbonyl (C=O) groups is 1. The molecule has 1 atom stereocenters. The predicted molar refractivity (Wildman–Crippen MR) is 115 cm³/mol. The number of amides is 1. The van der Waals surface area contributed by atoms with Crippen LogP contribution in [0.4, 0.5) is 0 Å². The Morgan fingerprint density at radius 1 is 1.00 bits per heavy atom. The average molecular weight is 392 g/mol. The Labute approximate surface area is 172 Å². The number of nitrogens with one attached hydrogen (secondary N) is 1. The molecule has 0 saturated heterocycles. The molecular weight excluding hydrogens is 362 g/mol. The Morgan fingerprint density at radius 3 is 2.38 bits per heavy atom. The van der Waals surface area contributed by atoms with Crippen LogP contribution in [0.15, 0.2) is 65.1 Å². The normalized spacial score (nSPS) is 11.8. The number of benzene rings is 2. The van der Waals surface area contributed by atoms with Crippen LogP contribution in [0.1, 0.15) is 65.7 Å². The number of ether oxygens (including phenoxy) is 1. The minimum Gasteiger partial charge on any atom is -0.486 e. The van der Waals surface area contributed by atoms with Crippen molar-refractivity contribution in [2.75, 3.05) is 0 Å². The minimum atomic E-state index is -0.215. The van der Waals surface area contributed by atoms with Crippen LogP contribution in [0.2, 0.25) is 0 Å². The van der Waals surface area contributed by atoms with Crippen molar-refractivity contribution < 1.29 is 13.9 Å². The lowest BCUT2D eigenvalue weighted by atomic mass is 10.0. The van der Waals surface area contributed by atoms with E-state index in [4.69, 9.17) is 9.15 Å². The highest BCUT2D eigenvalue weighted by Crippen LogP contribution is 2.20. The van der Waals surface area contributed by atoms with E-state index in [1.807, 2.05) is 12.1 Å². The van der Waals surface area contributed by atoms with Crippen LogP contribution in [0.3, 0.4) is 0 Å². The fourth-order valence-corrected chi connectivity index (χ4v) is 3.22. The Morgan fingerprint density at radius 2 is 1.72 bits per heavy atom. The van der Waals surface area contributed by atoms with E-state index in [1.54, 1.807) is 12.1 Å². The van der Waals surface area contributed by atoms with E-state index in [0.29, 0.717) is 11.5 Å². The summed E-state index contributed by atoms with van der Waals surface area (Å²) in [5.74, 6) is 1.49. The van der Waals surface area contributed by atoms with Crippen LogP contribution in [0, 0.1) is 6.92 Å². The number of rotatable bonds is 9. The minimum absolute atomic E-state index is 0.0467. The van der Waals surface area contributed by atoms with Gasteiger partial charge in [-0.3, -0.25) is 4.79 Å². The summed E-state index contributed by atoms with van der Waals surface area (Å²) >= 11 is 0. The standard InChI is InChI=1S/C25H29NO3/c1-4-6-19-9-13-21(14-10-19)28-17-22-15-16-24(29-22)25(27)26-23(5-2)20-11-7-18(3)8-12-20/h7-16,23H,4-6,17H2,1-3H3,(H,26,27). The van der Waals surface area contributed by atoms with E-state index in [-0.39, 0.29) is 18.6 Å². The van der Waals surface area contributed by atoms with Crippen molar-refractivity contribution in [2.24, 2.45) is 0 Å². The van der Waals surface area contributed by atoms with Gasteiger partial charge in [-0.1, -0.05) is 62.2 Å². The smallest absolute Gasteiger partial charge is 0.287 e. The van der Waals surface area contributed by atoms with Gasteiger partial charge in [0.05, 0.1) is 6.04 Å². The summed E-state index contributed by atoms with van der Waals surface area (Å²) in [7, 11) is 0. The van der Waals surface area contributed by atoms with Crippen molar-refractivity contribution in [2.45, 2.75) is 52.7 Å². The summed E-state index contributed by atoms with van der Waals surface area (Å²) in [6.07, 6.45) is 3.00. The zero-order valence-electron chi connectivity index (χ0n) is 17.4. The van der Waals surface area contributed by atoms with Gasteiger partial charge >= 0.3 is 0 Å². The summed E-state index contributed by atoms with van der Waals surface area (Å²) in [6, 6.07) is 19.7. The molecule has 0 spiro atoms. The first-order valence-corrected chi connectivity index (χ1v) is 10.3. The highest BCUT2D eigenvalue weighted by molar-refractivity contribution is 5.91. The van der Waals surface area contributed by atoms with Crippen molar-refractivity contribution in [1.82, 2.24) is 5.32 Å². The molecule has 1 amide bonds. The van der Waals surface area contributed by atoms with E-state index < -0.39 is 0 Å². The molecule has 152 valence electrons. The van der Waals surface area contributed by atoms with Crippen LogP contribution in [0.5, 0.6) is 5.75 Å². The highest BCUT2D eigenvalue weighted by Gasteiger charge is 2.17. The fraction of sp³-hybridized carbons (Fsp3) is 0.320. The van der Waals surface area contributed by atoms with Gasteiger partial charge in [0.25, 0.3) is 5.91 Å². The second-order valence-corrected chi connectivity index (χ2v) is 7.29. The molecule has 4 nitrogen and oxygen atoms in total. The highest BCUT2D eigenvalue weighted by atomic mass is 16.5. The Balaban J connectivity index is 1.56. The lowest BCUT2D eigenvalue weighted by Gasteiger charge is -2.17. The molecule has 0 fully saturated rings. The molecule has 0 aliphatic rings. The number of hydrogen-bond donors (Lipinski definition) is 1. The maximum absolute atomic E-state index is 12.6. The summed E-state index contributed by atoms with van der Waals surface area (Å²) in [5, 5.41) is 3.05. The van der Waals surface area contributed by atoms with Gasteiger partial charge in [-0.2, -0.15) is 0 Å². The maximum atomic E-state index is 12.6. The molecule has 1 unspecified atom stereocenters. The number of furan rings is 1. The lowest BCUT2D eigenvalue weighted by molar-refractivity contribution is 0.0903. The third kappa shape index (κ3) is 5.74. The summed E-state index contributed by atoms with van der Waals surface area (Å²) in [5.41, 5.74) is 3.59. The summed E-state index contributed by atoms with van der Waals surface area (Å²) in [4.78, 5) is 12.6. The lowest BCUT2D eigenvalue weighted by Crippen LogP contribution is -2.27. The van der Waals surface area contributed by atoms with Crippen molar-refractivity contribution >= 4 is 5.91 Å². The van der Waals surface area contributed by atoms with Crippen LogP contribution in [-0.4, -0.2) is 5.91 Å². The van der Waals surface area contributed by atoms with E-state index in [1.165, 1.54) is 11.1 Å². The molecule has 0 bridgehead atoms. The maximum Gasteiger partial charge on any atom is 0.287 e. The second kappa shape index (κ2) is 9.97. The molecule has 1 heterocycles. The molecule has 4 heteroatoms. The van der Waals surface area contributed by atoms with Gasteiger partial charge < -0.3 is 14.5 Å². The molecule has 1 aromatic heterocycles. The molecule has 0 radical (unpaired) electrons. The van der Waals surface area contributed by atoms with Crippen LogP contribution < -0.4 is 10.1 Å². The molecule has 29 heavy (non-hydrogen) atoms. The van der Waals surface area contributed by atoms with Gasteiger partial charge in [-0.15, -0.1) is 0 Å². The topological polar surface area (TPSA) is 51.5 Å². The van der Waals surface area contributed by atoms with Gasteiger partial charge in [-0.25, -0.2) is 0 Å². The predicted octanol–water partition coefficient (Wildman–Crippen LogP) is 6.00. The average Bonchev–Trinajstić information content (AvgIpc) is 3.22. The van der Waals surface area contributed by atoms with Crippen molar-refractivity contribution in [3.05, 3.63) is 88.9 Å². The van der Waals surface area contributed by atoms with Gasteiger partial charge in [-0.05, 0) is 55.2 Å². The van der Waals surface area contributed by atoms with Gasteiger partial charge in [0, 0.05) is 0 Å². The second-order valence-electron chi connectivity index (χ2n) is 7.29. The van der Waals surface area contributed by atoms with E-state index in [2.05, 4.69) is 62.5 Å². The van der Waals surface area contributed by atoms with Gasteiger partial charge in [0.2, 0.25) is 0 Å². The molecule has 2 aromatic carbocycles. The summed E-state index contributed by atoms with van der Waals surface area (Å²) < 4.78 is 11.5. The Kier molecular flexibility index (Phi) is 7.12. The first-order chi connectivity index (χ1) is 14.1. The van der Waals surface area contributed by atoms with Gasteiger partial charge in [0.1, 0.15) is 18.1 Å². The van der Waals surface area contributed by atoms with Crippen molar-refractivity contribution in [3.63, 3.8) is 0 Å². The van der Waals surface area contributed by atoms with Gasteiger partial charge in [0.15, 0.2) is 5.76 Å². The zero-order valence-corrected chi connectivity index (χ0v) is 17.4. The zero-order chi connectivity index (χ0) is 20.6. The third-order valence-corrected chi connectivity index (χ3v) is 4.92. The molecular formula is C25H29NO3. The van der Waals surface area contributed by atoms with E-state index >= 15 is 0 Å². The van der Waals surface area contributed by atoms with Crippen LogP contribution in [0.25, 0.3) is 0 Å². The molecule has 0 aliphatic carbocycles. The molecule has 0 aliphatic heterocycles. The van der Waals surface area contributed by atoms with Crippen LogP contribution >= 0.6 is 0 Å². The molecule has 3 rings (SSSR count). The SMILES string of the molecule is CCCc1ccc(OCc2ccc(C(=O)NC(CC)c3ccc(C)cc3)o2)cc1. The number of aryl methyl sites for hydroxylation is 2. The first-order valence-electron chi connectivity index (χ1n) is 10.3. The Bertz CT molecular complexity index is 910. The molecule has 3 aromatic rings. The monoisotopic (exact) mass is 391 g/mol. The molecule has 0 saturated carbocycles. The fourth-order valence-electron chi connectivity index (χ4n) is 3.22. The van der Waals surface area contributed by atoms with E-state index in [9.17, 15) is 4.79 Å². The first kappa shape index (κ1) is 20.7. The van der Waals surface area contributed by atoms with Crippen LogP contribution in [-0.2, 0) is 13.0 Å². The third-order valence-electron chi connectivity index (χ3n) is 4.92. The van der Waals surface area contributed by atoms with Crippen molar-refractivity contribution in [1.29, 1.82) is 0 Å². The van der Waals surface area contributed by atoms with Crippen molar-refractivity contribution in [3.8, 4) is 5.75 Å². The quantitative estimate of drug-likeness (QED) is 0.487. The summed E-state index contributed by atoms with van der Waals surface area (Å²) in [6.45, 7) is 6.56. The molecule has 1 N–H and O–H groups in total. The largest absolute Gasteiger partial charge is 0.486 e. The Hall–Kier alpha value is -3.01. The van der Waals surface area contributed by atoms with E-state index in [0.717, 1.165) is 30.6 Å². The number of hydrogen-bond acceptors (Lipinski definition) is 3.